The van der Waals surface area contributed by atoms with Gasteiger partial charge in [-0.25, -0.2) is 4.98 Å². The van der Waals surface area contributed by atoms with Crippen LogP contribution in [0.5, 0.6) is 0 Å². The third-order valence-electron chi connectivity index (χ3n) is 8.19. The van der Waals surface area contributed by atoms with Crippen molar-refractivity contribution >= 4 is 11.7 Å². The molecule has 2 aliphatic heterocycles. The van der Waals surface area contributed by atoms with Gasteiger partial charge >= 0.3 is 0 Å². The molecule has 1 fully saturated rings. The van der Waals surface area contributed by atoms with Gasteiger partial charge in [-0.05, 0) is 47.7 Å². The zero-order valence-corrected chi connectivity index (χ0v) is 22.5. The van der Waals surface area contributed by atoms with Crippen LogP contribution in [0.4, 0.5) is 5.82 Å². The van der Waals surface area contributed by atoms with Crippen LogP contribution in [-0.4, -0.2) is 60.0 Å². The molecule has 198 valence electrons. The van der Waals surface area contributed by atoms with E-state index in [-0.39, 0.29) is 5.91 Å². The van der Waals surface area contributed by atoms with Crippen molar-refractivity contribution in [1.29, 1.82) is 0 Å². The van der Waals surface area contributed by atoms with Crippen molar-refractivity contribution in [3.05, 3.63) is 131 Å². The van der Waals surface area contributed by atoms with Gasteiger partial charge < -0.3 is 9.80 Å². The normalized spacial score (nSPS) is 16.0. The first-order valence-electron chi connectivity index (χ1n) is 14.1. The highest BCUT2D eigenvalue weighted by atomic mass is 16.2. The van der Waals surface area contributed by atoms with Crippen molar-refractivity contribution in [3.63, 3.8) is 0 Å². The van der Waals surface area contributed by atoms with E-state index in [4.69, 9.17) is 4.98 Å². The number of carbonyl (C=O) groups is 1. The number of nitrogens with zero attached hydrogens (tertiary/aromatic N) is 4. The zero-order chi connectivity index (χ0) is 26.4. The minimum atomic E-state index is 0.121. The van der Waals surface area contributed by atoms with Gasteiger partial charge in [0.2, 0.25) is 0 Å². The van der Waals surface area contributed by atoms with E-state index in [2.05, 4.69) is 82.6 Å². The summed E-state index contributed by atoms with van der Waals surface area (Å²) in [7, 11) is 0. The molecule has 39 heavy (non-hydrogen) atoms. The highest BCUT2D eigenvalue weighted by Crippen LogP contribution is 2.29. The Hall–Kier alpha value is -3.96. The van der Waals surface area contributed by atoms with Crippen molar-refractivity contribution < 1.29 is 4.79 Å². The van der Waals surface area contributed by atoms with Crippen LogP contribution in [0, 0.1) is 0 Å². The van der Waals surface area contributed by atoms with E-state index in [1.165, 1.54) is 16.7 Å². The smallest absolute Gasteiger partial charge is 0.254 e. The van der Waals surface area contributed by atoms with Crippen molar-refractivity contribution in [2.24, 2.45) is 0 Å². The van der Waals surface area contributed by atoms with Crippen LogP contribution in [-0.2, 0) is 13.0 Å². The summed E-state index contributed by atoms with van der Waals surface area (Å²) >= 11 is 0. The lowest BCUT2D eigenvalue weighted by Gasteiger charge is -2.36. The lowest BCUT2D eigenvalue weighted by atomic mass is 9.88. The van der Waals surface area contributed by atoms with E-state index in [1.807, 2.05) is 35.4 Å². The SMILES string of the molecule is O=C1c2cc(N3CCN(CCC(c4ccccc4)c4ccccc4)CC3)ncc2CCN1Cc1ccccc1. The summed E-state index contributed by atoms with van der Waals surface area (Å²) in [4.78, 5) is 25.0. The standard InChI is InChI=1S/C34H36N4O/c39-34-32-24-33(35-25-30(32)16-19-38(34)26-27-10-4-1-5-11-27)37-22-20-36(21-23-37)18-17-31(28-12-6-2-7-13-28)29-14-8-3-9-15-29/h1-15,24-25,31H,16-23,26H2. The number of amides is 1. The number of pyridine rings is 1. The number of hydrogen-bond donors (Lipinski definition) is 0. The number of piperazine rings is 1. The first kappa shape index (κ1) is 25.3. The Balaban J connectivity index is 1.08. The van der Waals surface area contributed by atoms with Gasteiger partial charge in [-0.3, -0.25) is 9.69 Å². The van der Waals surface area contributed by atoms with Crippen LogP contribution < -0.4 is 4.90 Å². The van der Waals surface area contributed by atoms with E-state index in [0.717, 1.165) is 69.1 Å². The lowest BCUT2D eigenvalue weighted by Crippen LogP contribution is -2.47. The number of benzene rings is 3. The molecule has 1 saturated heterocycles. The minimum Gasteiger partial charge on any atom is -0.354 e. The quantitative estimate of drug-likeness (QED) is 0.305. The predicted octanol–water partition coefficient (Wildman–Crippen LogP) is 5.62. The zero-order valence-electron chi connectivity index (χ0n) is 22.5. The maximum absolute atomic E-state index is 13.4. The molecule has 4 aromatic rings. The molecule has 5 heteroatoms. The first-order valence-corrected chi connectivity index (χ1v) is 14.1. The average molecular weight is 517 g/mol. The topological polar surface area (TPSA) is 39.7 Å². The fraction of sp³-hybridized carbons (Fsp3) is 0.294. The van der Waals surface area contributed by atoms with Crippen LogP contribution in [0.2, 0.25) is 0 Å². The molecular weight excluding hydrogens is 480 g/mol. The van der Waals surface area contributed by atoms with Gasteiger partial charge in [0.25, 0.3) is 5.91 Å². The summed E-state index contributed by atoms with van der Waals surface area (Å²) in [5, 5.41) is 0. The van der Waals surface area contributed by atoms with Crippen LogP contribution in [0.3, 0.4) is 0 Å². The summed E-state index contributed by atoms with van der Waals surface area (Å²) in [6.07, 6.45) is 3.88. The summed E-state index contributed by atoms with van der Waals surface area (Å²) < 4.78 is 0. The molecule has 0 radical (unpaired) electrons. The predicted molar refractivity (Wildman–Crippen MR) is 157 cm³/mol. The van der Waals surface area contributed by atoms with Crippen molar-refractivity contribution in [3.8, 4) is 0 Å². The molecule has 3 heterocycles. The first-order chi connectivity index (χ1) is 19.2. The molecule has 1 amide bonds. The Labute approximate surface area is 231 Å². The van der Waals surface area contributed by atoms with Gasteiger partial charge in [0.15, 0.2) is 0 Å². The summed E-state index contributed by atoms with van der Waals surface area (Å²) in [5.41, 5.74) is 5.82. The monoisotopic (exact) mass is 516 g/mol. The fourth-order valence-electron chi connectivity index (χ4n) is 5.93. The maximum atomic E-state index is 13.4. The molecule has 0 atom stereocenters. The van der Waals surface area contributed by atoms with E-state index >= 15 is 0 Å². The third-order valence-corrected chi connectivity index (χ3v) is 8.19. The van der Waals surface area contributed by atoms with Crippen molar-refractivity contribution in [2.75, 3.05) is 44.2 Å². The van der Waals surface area contributed by atoms with E-state index < -0.39 is 0 Å². The highest BCUT2D eigenvalue weighted by molar-refractivity contribution is 5.97. The van der Waals surface area contributed by atoms with Gasteiger partial charge in [0, 0.05) is 56.9 Å². The molecule has 0 aliphatic carbocycles. The molecule has 0 bridgehead atoms. The number of hydrogen-bond acceptors (Lipinski definition) is 4. The second-order valence-electron chi connectivity index (χ2n) is 10.7. The second kappa shape index (κ2) is 11.8. The fourth-order valence-corrected chi connectivity index (χ4v) is 5.93. The minimum absolute atomic E-state index is 0.121. The molecular formula is C34H36N4O. The summed E-state index contributed by atoms with van der Waals surface area (Å²) in [5.74, 6) is 1.45. The highest BCUT2D eigenvalue weighted by Gasteiger charge is 2.27. The molecule has 0 N–H and O–H groups in total. The van der Waals surface area contributed by atoms with Crippen LogP contribution in [0.1, 0.15) is 45.0 Å². The van der Waals surface area contributed by atoms with Gasteiger partial charge in [-0.15, -0.1) is 0 Å². The van der Waals surface area contributed by atoms with Gasteiger partial charge in [-0.2, -0.15) is 0 Å². The molecule has 0 spiro atoms. The Morgan fingerprint density at radius 1 is 0.744 bits per heavy atom. The van der Waals surface area contributed by atoms with Gasteiger partial charge in [-0.1, -0.05) is 91.0 Å². The second-order valence-corrected chi connectivity index (χ2v) is 10.7. The number of fused-ring (bicyclic) bond motifs is 1. The summed E-state index contributed by atoms with van der Waals surface area (Å²) in [6.45, 7) is 6.32. The number of carbonyl (C=O) groups excluding carboxylic acids is 1. The number of anilines is 1. The molecule has 6 rings (SSSR count). The van der Waals surface area contributed by atoms with Crippen LogP contribution in [0.15, 0.2) is 103 Å². The lowest BCUT2D eigenvalue weighted by molar-refractivity contribution is 0.0726. The van der Waals surface area contributed by atoms with Crippen LogP contribution >= 0.6 is 0 Å². The largest absolute Gasteiger partial charge is 0.354 e. The van der Waals surface area contributed by atoms with Gasteiger partial charge in [0.05, 0.1) is 0 Å². The number of rotatable bonds is 8. The van der Waals surface area contributed by atoms with Crippen molar-refractivity contribution in [2.45, 2.75) is 25.3 Å². The van der Waals surface area contributed by atoms with Crippen LogP contribution in [0.25, 0.3) is 0 Å². The summed E-state index contributed by atoms with van der Waals surface area (Å²) in [6, 6.07) is 34.0. The Kier molecular flexibility index (Phi) is 7.68. The van der Waals surface area contributed by atoms with E-state index in [0.29, 0.717) is 12.5 Å². The maximum Gasteiger partial charge on any atom is 0.254 e. The third kappa shape index (κ3) is 5.89. The Bertz CT molecular complexity index is 1330. The molecule has 2 aliphatic rings. The molecule has 3 aromatic carbocycles. The van der Waals surface area contributed by atoms with Crippen molar-refractivity contribution in [1.82, 2.24) is 14.8 Å². The molecule has 0 saturated carbocycles. The molecule has 0 unspecified atom stereocenters. The van der Waals surface area contributed by atoms with E-state index in [1.54, 1.807) is 0 Å². The average Bonchev–Trinajstić information content (AvgIpc) is 3.01. The van der Waals surface area contributed by atoms with E-state index in [9.17, 15) is 4.79 Å². The molecule has 5 nitrogen and oxygen atoms in total. The van der Waals surface area contributed by atoms with Gasteiger partial charge in [0.1, 0.15) is 5.82 Å². The number of aromatic nitrogens is 1. The Morgan fingerprint density at radius 3 is 2.00 bits per heavy atom. The molecule has 1 aromatic heterocycles. The Morgan fingerprint density at radius 2 is 1.36 bits per heavy atom.